The topological polar surface area (TPSA) is 102 Å². The van der Waals surface area contributed by atoms with Crippen molar-refractivity contribution in [2.45, 2.75) is 25.9 Å². The van der Waals surface area contributed by atoms with Gasteiger partial charge in [-0.05, 0) is 30.7 Å². The first-order valence-electron chi connectivity index (χ1n) is 12.1. The number of rotatable bonds is 9. The van der Waals surface area contributed by atoms with Crippen LogP contribution in [0, 0.1) is 6.92 Å². The zero-order valence-corrected chi connectivity index (χ0v) is 21.0. The molecule has 0 saturated carbocycles. The highest BCUT2D eigenvalue weighted by atomic mass is 16.5. The van der Waals surface area contributed by atoms with Crippen LogP contribution in [0.2, 0.25) is 0 Å². The van der Waals surface area contributed by atoms with Gasteiger partial charge in [-0.1, -0.05) is 24.3 Å². The van der Waals surface area contributed by atoms with E-state index in [9.17, 15) is 14.7 Å². The number of carbonyl (C=O) groups is 2. The Hall–Kier alpha value is -3.56. The van der Waals surface area contributed by atoms with Gasteiger partial charge in [-0.3, -0.25) is 9.69 Å². The van der Waals surface area contributed by atoms with Gasteiger partial charge in [0.15, 0.2) is 0 Å². The molecule has 36 heavy (non-hydrogen) atoms. The average Bonchev–Trinajstić information content (AvgIpc) is 3.19. The molecule has 1 fully saturated rings. The summed E-state index contributed by atoms with van der Waals surface area (Å²) in [4.78, 5) is 28.5. The second-order valence-corrected chi connectivity index (χ2v) is 8.84. The Kier molecular flexibility index (Phi) is 8.12. The Balaban J connectivity index is 1.65. The SMILES string of the molecule is COC(=O)C(Cc1ccc(O)cc1)NC(=O)c1c(C)n(CCN2CCOCC2)c2c(OC)cccc12. The number of nitrogens with one attached hydrogen (secondary N) is 1. The van der Waals surface area contributed by atoms with Gasteiger partial charge >= 0.3 is 5.97 Å². The number of phenolic OH excluding ortho intramolecular Hbond substituents is 1. The van der Waals surface area contributed by atoms with Crippen molar-refractivity contribution in [3.63, 3.8) is 0 Å². The Morgan fingerprint density at radius 1 is 1.08 bits per heavy atom. The molecular weight excluding hydrogens is 462 g/mol. The highest BCUT2D eigenvalue weighted by Crippen LogP contribution is 2.33. The first-order chi connectivity index (χ1) is 17.4. The number of aromatic hydroxyl groups is 1. The van der Waals surface area contributed by atoms with Gasteiger partial charge in [0.2, 0.25) is 0 Å². The quantitative estimate of drug-likeness (QED) is 0.440. The van der Waals surface area contributed by atoms with Crippen LogP contribution in [-0.2, 0) is 27.2 Å². The molecule has 0 bridgehead atoms. The minimum Gasteiger partial charge on any atom is -0.508 e. The highest BCUT2D eigenvalue weighted by molar-refractivity contribution is 6.10. The van der Waals surface area contributed by atoms with E-state index < -0.39 is 12.0 Å². The standard InChI is InChI=1S/C27H33N3O6/c1-18-24(26(32)28-22(27(33)35-3)17-19-7-9-20(31)10-8-19)21-5-4-6-23(34-2)25(21)30(18)12-11-29-13-15-36-16-14-29/h4-10,22,31H,11-17H2,1-3H3,(H,28,32). The van der Waals surface area contributed by atoms with Crippen LogP contribution < -0.4 is 10.1 Å². The number of esters is 1. The fraction of sp³-hybridized carbons (Fsp3) is 0.407. The van der Waals surface area contributed by atoms with Crippen molar-refractivity contribution in [2.24, 2.45) is 0 Å². The summed E-state index contributed by atoms with van der Waals surface area (Å²) in [6, 6.07) is 11.3. The van der Waals surface area contributed by atoms with Gasteiger partial charge in [-0.2, -0.15) is 0 Å². The molecule has 3 aromatic rings. The molecule has 1 atom stereocenters. The number of ether oxygens (including phenoxy) is 3. The van der Waals surface area contributed by atoms with Crippen LogP contribution >= 0.6 is 0 Å². The zero-order chi connectivity index (χ0) is 25.7. The maximum absolute atomic E-state index is 13.6. The summed E-state index contributed by atoms with van der Waals surface area (Å²) in [5, 5.41) is 13.2. The number of carbonyl (C=O) groups excluding carboxylic acids is 2. The molecule has 9 nitrogen and oxygen atoms in total. The predicted octanol–water partition coefficient (Wildman–Crippen LogP) is 2.51. The third kappa shape index (κ3) is 5.47. The maximum Gasteiger partial charge on any atom is 0.328 e. The maximum atomic E-state index is 13.6. The smallest absolute Gasteiger partial charge is 0.328 e. The molecule has 9 heteroatoms. The number of nitrogens with zero attached hydrogens (tertiary/aromatic N) is 2. The molecule has 2 N–H and O–H groups in total. The second kappa shape index (κ2) is 11.5. The fourth-order valence-corrected chi connectivity index (χ4v) is 4.73. The van der Waals surface area contributed by atoms with Crippen molar-refractivity contribution in [3.8, 4) is 11.5 Å². The van der Waals surface area contributed by atoms with Gasteiger partial charge in [0.25, 0.3) is 5.91 Å². The van der Waals surface area contributed by atoms with E-state index in [-0.39, 0.29) is 18.1 Å². The van der Waals surface area contributed by atoms with Gasteiger partial charge in [0.05, 0.1) is 38.5 Å². The number of hydrogen-bond donors (Lipinski definition) is 2. The minimum atomic E-state index is -0.885. The molecule has 0 radical (unpaired) electrons. The van der Waals surface area contributed by atoms with E-state index in [2.05, 4.69) is 14.8 Å². The van der Waals surface area contributed by atoms with Crippen molar-refractivity contribution in [3.05, 3.63) is 59.3 Å². The number of benzene rings is 2. The summed E-state index contributed by atoms with van der Waals surface area (Å²) in [7, 11) is 2.92. The van der Waals surface area contributed by atoms with Crippen molar-refractivity contribution in [1.29, 1.82) is 0 Å². The minimum absolute atomic E-state index is 0.131. The molecule has 1 aromatic heterocycles. The van der Waals surface area contributed by atoms with E-state index >= 15 is 0 Å². The lowest BCUT2D eigenvalue weighted by Gasteiger charge is -2.27. The van der Waals surface area contributed by atoms with Crippen LogP contribution in [0.5, 0.6) is 11.5 Å². The zero-order valence-electron chi connectivity index (χ0n) is 21.0. The van der Waals surface area contributed by atoms with Gasteiger partial charge in [0.1, 0.15) is 17.5 Å². The molecule has 1 aliphatic rings. The first-order valence-corrected chi connectivity index (χ1v) is 12.1. The third-order valence-electron chi connectivity index (χ3n) is 6.66. The lowest BCUT2D eigenvalue weighted by Crippen LogP contribution is -2.43. The molecule has 0 aliphatic carbocycles. The molecule has 1 aliphatic heterocycles. The van der Waals surface area contributed by atoms with E-state index in [0.717, 1.165) is 55.0 Å². The normalized spacial score (nSPS) is 15.0. The van der Waals surface area contributed by atoms with Crippen molar-refractivity contribution < 1.29 is 28.9 Å². The third-order valence-corrected chi connectivity index (χ3v) is 6.66. The summed E-state index contributed by atoms with van der Waals surface area (Å²) in [6.45, 7) is 6.61. The summed E-state index contributed by atoms with van der Waals surface area (Å²) < 4.78 is 18.2. The molecule has 1 saturated heterocycles. The molecule has 2 heterocycles. The molecule has 1 unspecified atom stereocenters. The number of amides is 1. The predicted molar refractivity (Wildman–Crippen MR) is 136 cm³/mol. The second-order valence-electron chi connectivity index (χ2n) is 8.84. The van der Waals surface area contributed by atoms with Crippen LogP contribution in [0.4, 0.5) is 0 Å². The summed E-state index contributed by atoms with van der Waals surface area (Å²) in [5.74, 6) is -0.0788. The number of para-hydroxylation sites is 1. The molecule has 4 rings (SSSR count). The Morgan fingerprint density at radius 2 is 1.81 bits per heavy atom. The molecule has 0 spiro atoms. The molecule has 1 amide bonds. The lowest BCUT2D eigenvalue weighted by molar-refractivity contribution is -0.142. The Labute approximate surface area is 210 Å². The molecular formula is C27H33N3O6. The average molecular weight is 496 g/mol. The summed E-state index contributed by atoms with van der Waals surface area (Å²) in [6.07, 6.45) is 0.233. The van der Waals surface area contributed by atoms with Gasteiger partial charge in [-0.25, -0.2) is 4.79 Å². The molecule has 192 valence electrons. The fourth-order valence-electron chi connectivity index (χ4n) is 4.73. The largest absolute Gasteiger partial charge is 0.508 e. The highest BCUT2D eigenvalue weighted by Gasteiger charge is 2.27. The van der Waals surface area contributed by atoms with Crippen molar-refractivity contribution in [2.75, 3.05) is 47.1 Å². The van der Waals surface area contributed by atoms with Crippen LogP contribution in [0.25, 0.3) is 10.9 Å². The van der Waals surface area contributed by atoms with Crippen molar-refractivity contribution >= 4 is 22.8 Å². The number of phenols is 1. The molecule has 2 aromatic carbocycles. The van der Waals surface area contributed by atoms with Gasteiger partial charge in [0, 0.05) is 43.7 Å². The van der Waals surface area contributed by atoms with Crippen molar-refractivity contribution in [1.82, 2.24) is 14.8 Å². The van der Waals surface area contributed by atoms with Crippen LogP contribution in [-0.4, -0.2) is 79.6 Å². The van der Waals surface area contributed by atoms with E-state index in [1.807, 2.05) is 25.1 Å². The Morgan fingerprint density at radius 3 is 2.47 bits per heavy atom. The van der Waals surface area contributed by atoms with Gasteiger partial charge in [-0.15, -0.1) is 0 Å². The van der Waals surface area contributed by atoms with E-state index in [1.54, 1.807) is 31.4 Å². The van der Waals surface area contributed by atoms with Crippen LogP contribution in [0.15, 0.2) is 42.5 Å². The Bertz CT molecular complexity index is 1210. The number of morpholine rings is 1. The number of hydrogen-bond acceptors (Lipinski definition) is 7. The number of methoxy groups -OCH3 is 2. The summed E-state index contributed by atoms with van der Waals surface area (Å²) in [5.41, 5.74) is 2.94. The van der Waals surface area contributed by atoms with Crippen LogP contribution in [0.1, 0.15) is 21.6 Å². The monoisotopic (exact) mass is 495 g/mol. The van der Waals surface area contributed by atoms with E-state index in [0.29, 0.717) is 17.9 Å². The van der Waals surface area contributed by atoms with E-state index in [1.165, 1.54) is 7.11 Å². The van der Waals surface area contributed by atoms with E-state index in [4.69, 9.17) is 14.2 Å². The summed E-state index contributed by atoms with van der Waals surface area (Å²) >= 11 is 0. The number of aromatic nitrogens is 1. The first kappa shape index (κ1) is 25.5. The number of fused-ring (bicyclic) bond motifs is 1. The lowest BCUT2D eigenvalue weighted by atomic mass is 10.0. The van der Waals surface area contributed by atoms with Crippen LogP contribution in [0.3, 0.4) is 0 Å². The van der Waals surface area contributed by atoms with Gasteiger partial charge < -0.3 is 29.2 Å².